The van der Waals surface area contributed by atoms with Crippen LogP contribution in [0.25, 0.3) is 11.2 Å². The summed E-state index contributed by atoms with van der Waals surface area (Å²) in [4.78, 5) is 19.7. The molecule has 0 radical (unpaired) electrons. The van der Waals surface area contributed by atoms with E-state index >= 15 is 0 Å². The standard InChI is InChI=1S/C13H12N6O/c1-8(20)9-4-3-5-10(6-9)16-12-11-13(15-7-14-12)19(2)18-17-11/h3-7H,1-2H3,(H,14,15,16). The van der Waals surface area contributed by atoms with Crippen molar-refractivity contribution in [2.24, 2.45) is 7.05 Å². The summed E-state index contributed by atoms with van der Waals surface area (Å²) < 4.78 is 1.58. The van der Waals surface area contributed by atoms with Crippen LogP contribution in [0.5, 0.6) is 0 Å². The van der Waals surface area contributed by atoms with E-state index in [1.165, 1.54) is 13.3 Å². The molecule has 0 aliphatic heterocycles. The molecule has 3 rings (SSSR count). The number of aromatic nitrogens is 5. The van der Waals surface area contributed by atoms with Crippen LogP contribution in [0.15, 0.2) is 30.6 Å². The van der Waals surface area contributed by atoms with Gasteiger partial charge in [-0.3, -0.25) is 4.79 Å². The van der Waals surface area contributed by atoms with Gasteiger partial charge in [-0.15, -0.1) is 5.10 Å². The van der Waals surface area contributed by atoms with Crippen LogP contribution >= 0.6 is 0 Å². The lowest BCUT2D eigenvalue weighted by molar-refractivity contribution is 0.101. The topological polar surface area (TPSA) is 85.6 Å². The summed E-state index contributed by atoms with van der Waals surface area (Å²) in [6, 6.07) is 7.21. The number of hydrogen-bond donors (Lipinski definition) is 1. The van der Waals surface area contributed by atoms with Gasteiger partial charge in [0.2, 0.25) is 0 Å². The molecule has 20 heavy (non-hydrogen) atoms. The van der Waals surface area contributed by atoms with Crippen molar-refractivity contribution in [2.75, 3.05) is 5.32 Å². The summed E-state index contributed by atoms with van der Waals surface area (Å²) in [6.07, 6.45) is 1.45. The number of carbonyl (C=O) groups excluding carboxylic acids is 1. The van der Waals surface area contributed by atoms with E-state index in [0.717, 1.165) is 5.69 Å². The van der Waals surface area contributed by atoms with Gasteiger partial charge in [0.25, 0.3) is 0 Å². The molecule has 1 aromatic carbocycles. The molecule has 2 heterocycles. The molecule has 0 aliphatic rings. The molecular weight excluding hydrogens is 256 g/mol. The highest BCUT2D eigenvalue weighted by molar-refractivity contribution is 5.95. The summed E-state index contributed by atoms with van der Waals surface area (Å²) in [5.41, 5.74) is 2.64. The molecule has 0 spiro atoms. The second-order valence-electron chi connectivity index (χ2n) is 4.37. The monoisotopic (exact) mass is 268 g/mol. The molecule has 1 N–H and O–H groups in total. The second-order valence-corrected chi connectivity index (χ2v) is 4.37. The lowest BCUT2D eigenvalue weighted by Crippen LogP contribution is -1.99. The van der Waals surface area contributed by atoms with Crippen molar-refractivity contribution in [1.29, 1.82) is 0 Å². The summed E-state index contributed by atoms with van der Waals surface area (Å²) in [5, 5.41) is 11.1. The number of benzene rings is 1. The van der Waals surface area contributed by atoms with E-state index in [1.807, 2.05) is 12.1 Å². The van der Waals surface area contributed by atoms with Gasteiger partial charge in [-0.25, -0.2) is 14.6 Å². The minimum atomic E-state index is 0.0148. The molecule has 7 nitrogen and oxygen atoms in total. The first-order valence-corrected chi connectivity index (χ1v) is 6.03. The second kappa shape index (κ2) is 4.69. The van der Waals surface area contributed by atoms with Gasteiger partial charge in [-0.1, -0.05) is 17.3 Å². The predicted octanol–water partition coefficient (Wildman–Crippen LogP) is 1.70. The molecule has 0 aliphatic carbocycles. The van der Waals surface area contributed by atoms with Crippen LogP contribution in [0, 0.1) is 0 Å². The zero-order valence-corrected chi connectivity index (χ0v) is 11.0. The Morgan fingerprint density at radius 1 is 1.30 bits per heavy atom. The number of nitrogens with one attached hydrogen (secondary N) is 1. The third-order valence-corrected chi connectivity index (χ3v) is 2.92. The number of Topliss-reactive ketones (excluding diaryl/α,β-unsaturated/α-hetero) is 1. The molecule has 0 saturated carbocycles. The van der Waals surface area contributed by atoms with Crippen molar-refractivity contribution in [3.05, 3.63) is 36.2 Å². The Morgan fingerprint density at radius 3 is 2.95 bits per heavy atom. The number of anilines is 2. The number of carbonyl (C=O) groups is 1. The third-order valence-electron chi connectivity index (χ3n) is 2.92. The first-order valence-electron chi connectivity index (χ1n) is 6.03. The van der Waals surface area contributed by atoms with Crippen LogP contribution in [0.4, 0.5) is 11.5 Å². The Kier molecular flexibility index (Phi) is 2.86. The first kappa shape index (κ1) is 12.2. The normalized spacial score (nSPS) is 10.7. The zero-order chi connectivity index (χ0) is 14.1. The zero-order valence-electron chi connectivity index (χ0n) is 11.0. The van der Waals surface area contributed by atoms with Crippen molar-refractivity contribution in [3.63, 3.8) is 0 Å². The van der Waals surface area contributed by atoms with E-state index in [9.17, 15) is 4.79 Å². The lowest BCUT2D eigenvalue weighted by Gasteiger charge is -2.06. The van der Waals surface area contributed by atoms with Crippen molar-refractivity contribution >= 4 is 28.5 Å². The van der Waals surface area contributed by atoms with Gasteiger partial charge in [0.05, 0.1) is 0 Å². The number of ketones is 1. The maximum absolute atomic E-state index is 11.4. The van der Waals surface area contributed by atoms with Crippen LogP contribution in [-0.2, 0) is 7.05 Å². The summed E-state index contributed by atoms with van der Waals surface area (Å²) in [7, 11) is 1.77. The van der Waals surface area contributed by atoms with Crippen LogP contribution in [0.3, 0.4) is 0 Å². The number of fused-ring (bicyclic) bond motifs is 1. The van der Waals surface area contributed by atoms with E-state index in [4.69, 9.17) is 0 Å². The SMILES string of the molecule is CC(=O)c1cccc(Nc2ncnc3c2nnn3C)c1. The molecule has 0 bridgehead atoms. The Morgan fingerprint density at radius 2 is 2.15 bits per heavy atom. The molecule has 3 aromatic rings. The van der Waals surface area contributed by atoms with Crippen LogP contribution in [-0.4, -0.2) is 30.7 Å². The van der Waals surface area contributed by atoms with E-state index < -0.39 is 0 Å². The van der Waals surface area contributed by atoms with Crippen molar-refractivity contribution < 1.29 is 4.79 Å². The van der Waals surface area contributed by atoms with Crippen molar-refractivity contribution in [3.8, 4) is 0 Å². The molecule has 100 valence electrons. The average Bonchev–Trinajstić information content (AvgIpc) is 2.82. The van der Waals surface area contributed by atoms with Crippen LogP contribution in [0.1, 0.15) is 17.3 Å². The highest BCUT2D eigenvalue weighted by Gasteiger charge is 2.10. The van der Waals surface area contributed by atoms with E-state index in [0.29, 0.717) is 22.5 Å². The maximum atomic E-state index is 11.4. The van der Waals surface area contributed by atoms with E-state index in [2.05, 4.69) is 25.6 Å². The molecule has 2 aromatic heterocycles. The van der Waals surface area contributed by atoms with Crippen LogP contribution < -0.4 is 5.32 Å². The summed E-state index contributed by atoms with van der Waals surface area (Å²) in [6.45, 7) is 1.53. The molecule has 7 heteroatoms. The molecular formula is C13H12N6O. The minimum Gasteiger partial charge on any atom is -0.338 e. The first-order chi connectivity index (χ1) is 9.65. The Balaban J connectivity index is 2.01. The molecule has 0 amide bonds. The van der Waals surface area contributed by atoms with Gasteiger partial charge in [-0.2, -0.15) is 0 Å². The molecule has 0 fully saturated rings. The highest BCUT2D eigenvalue weighted by Crippen LogP contribution is 2.21. The van der Waals surface area contributed by atoms with E-state index in [1.54, 1.807) is 23.9 Å². The third kappa shape index (κ3) is 2.09. The fourth-order valence-electron chi connectivity index (χ4n) is 1.90. The number of nitrogens with zero attached hydrogens (tertiary/aromatic N) is 5. The average molecular weight is 268 g/mol. The molecule has 0 saturated heterocycles. The van der Waals surface area contributed by atoms with Gasteiger partial charge in [0.15, 0.2) is 22.8 Å². The maximum Gasteiger partial charge on any atom is 0.183 e. The van der Waals surface area contributed by atoms with Gasteiger partial charge in [-0.05, 0) is 19.1 Å². The lowest BCUT2D eigenvalue weighted by atomic mass is 10.1. The smallest absolute Gasteiger partial charge is 0.183 e. The van der Waals surface area contributed by atoms with Gasteiger partial charge >= 0.3 is 0 Å². The Labute approximate surface area is 114 Å². The summed E-state index contributed by atoms with van der Waals surface area (Å²) >= 11 is 0. The molecule has 0 unspecified atom stereocenters. The predicted molar refractivity (Wildman–Crippen MR) is 73.8 cm³/mol. The van der Waals surface area contributed by atoms with Gasteiger partial charge in [0, 0.05) is 18.3 Å². The number of hydrogen-bond acceptors (Lipinski definition) is 6. The fraction of sp³-hybridized carbons (Fsp3) is 0.154. The Hall–Kier alpha value is -2.83. The fourth-order valence-corrected chi connectivity index (χ4v) is 1.90. The Bertz CT molecular complexity index is 794. The van der Waals surface area contributed by atoms with Crippen molar-refractivity contribution in [1.82, 2.24) is 25.0 Å². The quantitative estimate of drug-likeness (QED) is 0.728. The molecule has 0 atom stereocenters. The van der Waals surface area contributed by atoms with E-state index in [-0.39, 0.29) is 5.78 Å². The largest absolute Gasteiger partial charge is 0.338 e. The number of rotatable bonds is 3. The highest BCUT2D eigenvalue weighted by atomic mass is 16.1. The van der Waals surface area contributed by atoms with Crippen LogP contribution in [0.2, 0.25) is 0 Å². The van der Waals surface area contributed by atoms with Gasteiger partial charge in [0.1, 0.15) is 6.33 Å². The van der Waals surface area contributed by atoms with Gasteiger partial charge < -0.3 is 5.32 Å². The number of aryl methyl sites for hydroxylation is 1. The summed E-state index contributed by atoms with van der Waals surface area (Å²) in [5.74, 6) is 0.574. The van der Waals surface area contributed by atoms with Crippen molar-refractivity contribution in [2.45, 2.75) is 6.92 Å². The minimum absolute atomic E-state index is 0.0148.